The van der Waals surface area contributed by atoms with Gasteiger partial charge in [0.1, 0.15) is 0 Å². The summed E-state index contributed by atoms with van der Waals surface area (Å²) in [6.45, 7) is 6.84. The fourth-order valence-electron chi connectivity index (χ4n) is 0.746. The molecule has 0 heterocycles. The number of rotatable bonds is 3. The second kappa shape index (κ2) is 3.18. The van der Waals surface area contributed by atoms with Gasteiger partial charge < -0.3 is 0 Å². The second-order valence-corrected chi connectivity index (χ2v) is 4.91. The van der Waals surface area contributed by atoms with Crippen molar-refractivity contribution in [2.24, 2.45) is 0 Å². The number of hydrogen-bond donors (Lipinski definition) is 0. The molecule has 0 radical (unpaired) electrons. The molecule has 48 valence electrons. The van der Waals surface area contributed by atoms with E-state index in [4.69, 9.17) is 0 Å². The summed E-state index contributed by atoms with van der Waals surface area (Å²) in [6, 6.07) is 0. The van der Waals surface area contributed by atoms with Crippen LogP contribution < -0.4 is 0 Å². The summed E-state index contributed by atoms with van der Waals surface area (Å²) < 4.78 is 0. The summed E-state index contributed by atoms with van der Waals surface area (Å²) >= 11 is 0. The normalized spacial score (nSPS) is 11.4. The lowest BCUT2D eigenvalue weighted by molar-refractivity contribution is 0.599. The molecule has 0 N–H and O–H groups in total. The zero-order valence-electron chi connectivity index (χ0n) is 6.20. The molecule has 0 rings (SSSR count). The Morgan fingerprint density at radius 2 is 2.00 bits per heavy atom. The summed E-state index contributed by atoms with van der Waals surface area (Å²) in [4.78, 5) is 0. The molecule has 0 saturated heterocycles. The van der Waals surface area contributed by atoms with Crippen LogP contribution in [0.3, 0.4) is 0 Å². The lowest BCUT2D eigenvalue weighted by atomic mass is 10.1. The highest BCUT2D eigenvalue weighted by molar-refractivity contribution is 6.44. The van der Waals surface area contributed by atoms with Crippen molar-refractivity contribution < 1.29 is 0 Å². The first kappa shape index (κ1) is 8.09. The standard InChI is InChI=1S/C7H16Si/c1-5-6-7(2,3)8-4/h8H,4-6H2,1-3H3. The van der Waals surface area contributed by atoms with E-state index in [2.05, 4.69) is 26.9 Å². The van der Waals surface area contributed by atoms with Crippen molar-refractivity contribution in [2.45, 2.75) is 38.7 Å². The van der Waals surface area contributed by atoms with Gasteiger partial charge in [0.25, 0.3) is 0 Å². The average molecular weight is 128 g/mol. The maximum Gasteiger partial charge on any atom is -0.00927 e. The average Bonchev–Trinajstić information content (AvgIpc) is 1.67. The zero-order valence-corrected chi connectivity index (χ0v) is 7.35. The molecule has 0 fully saturated rings. The van der Waals surface area contributed by atoms with Crippen LogP contribution in [0.25, 0.3) is 0 Å². The van der Waals surface area contributed by atoms with Crippen LogP contribution in [0.4, 0.5) is 0 Å². The first-order valence-electron chi connectivity index (χ1n) is 3.26. The first-order valence-corrected chi connectivity index (χ1v) is 4.65. The second-order valence-electron chi connectivity index (χ2n) is 2.94. The summed E-state index contributed by atoms with van der Waals surface area (Å²) in [7, 11) is 0.411. The minimum Gasteiger partial charge on any atom is -0.121 e. The smallest absolute Gasteiger partial charge is 0.00927 e. The molecule has 0 aromatic heterocycles. The van der Waals surface area contributed by atoms with Gasteiger partial charge in [0.2, 0.25) is 0 Å². The van der Waals surface area contributed by atoms with Gasteiger partial charge in [0, 0.05) is 0 Å². The topological polar surface area (TPSA) is 0 Å². The molecular weight excluding hydrogens is 112 g/mol. The molecule has 0 unspecified atom stereocenters. The van der Waals surface area contributed by atoms with Gasteiger partial charge in [-0.15, -0.1) is 6.17 Å². The van der Waals surface area contributed by atoms with Crippen LogP contribution >= 0.6 is 0 Å². The Morgan fingerprint density at radius 3 is 2.12 bits per heavy atom. The lowest BCUT2D eigenvalue weighted by Crippen LogP contribution is -2.04. The maximum absolute atomic E-state index is 3.96. The monoisotopic (exact) mass is 128 g/mol. The largest absolute Gasteiger partial charge is 0.121 e. The molecule has 0 amide bonds. The molecule has 0 bridgehead atoms. The van der Waals surface area contributed by atoms with Crippen molar-refractivity contribution in [2.75, 3.05) is 0 Å². The minimum absolute atomic E-state index is 0.411. The van der Waals surface area contributed by atoms with Crippen molar-refractivity contribution in [1.29, 1.82) is 0 Å². The van der Waals surface area contributed by atoms with Gasteiger partial charge in [-0.05, 0) is 20.6 Å². The predicted octanol–water partition coefficient (Wildman–Crippen LogP) is 1.85. The van der Waals surface area contributed by atoms with E-state index in [1.807, 2.05) is 0 Å². The van der Waals surface area contributed by atoms with E-state index in [9.17, 15) is 0 Å². The third-order valence-electron chi connectivity index (χ3n) is 1.45. The Labute approximate surface area is 54.7 Å². The van der Waals surface area contributed by atoms with Crippen LogP contribution in [-0.2, 0) is 0 Å². The highest BCUT2D eigenvalue weighted by Crippen LogP contribution is 2.25. The van der Waals surface area contributed by atoms with Crippen LogP contribution in [0.2, 0.25) is 5.04 Å². The molecule has 0 aromatic rings. The highest BCUT2D eigenvalue weighted by Gasteiger charge is 2.09. The van der Waals surface area contributed by atoms with Gasteiger partial charge in [-0.25, -0.2) is 0 Å². The van der Waals surface area contributed by atoms with Crippen molar-refractivity contribution in [3.63, 3.8) is 0 Å². The molecule has 8 heavy (non-hydrogen) atoms. The summed E-state index contributed by atoms with van der Waals surface area (Å²) in [5, 5.41) is 0.564. The molecular formula is C7H16Si. The highest BCUT2D eigenvalue weighted by atomic mass is 28.2. The van der Waals surface area contributed by atoms with E-state index in [0.717, 1.165) is 0 Å². The van der Waals surface area contributed by atoms with Gasteiger partial charge in [-0.3, -0.25) is 0 Å². The molecule has 0 aliphatic rings. The Kier molecular flexibility index (Phi) is 3.21. The molecule has 0 spiro atoms. The number of hydrogen-bond acceptors (Lipinski definition) is 0. The van der Waals surface area contributed by atoms with Crippen molar-refractivity contribution in [1.82, 2.24) is 0 Å². The van der Waals surface area contributed by atoms with Gasteiger partial charge in [-0.1, -0.05) is 27.2 Å². The van der Waals surface area contributed by atoms with E-state index < -0.39 is 0 Å². The van der Waals surface area contributed by atoms with Crippen LogP contribution in [0.1, 0.15) is 33.6 Å². The minimum atomic E-state index is 0.411. The van der Waals surface area contributed by atoms with Gasteiger partial charge in [0.05, 0.1) is 0 Å². The van der Waals surface area contributed by atoms with E-state index in [1.165, 1.54) is 12.8 Å². The lowest BCUT2D eigenvalue weighted by Gasteiger charge is -2.16. The van der Waals surface area contributed by atoms with Crippen LogP contribution in [0.5, 0.6) is 0 Å². The summed E-state index contributed by atoms with van der Waals surface area (Å²) in [5.41, 5.74) is 0. The fraction of sp³-hybridized carbons (Fsp3) is 0.857. The van der Waals surface area contributed by atoms with Gasteiger partial charge in [0.15, 0.2) is 0 Å². The van der Waals surface area contributed by atoms with Crippen molar-refractivity contribution in [3.05, 3.63) is 0 Å². The van der Waals surface area contributed by atoms with Crippen molar-refractivity contribution >= 4 is 15.3 Å². The van der Waals surface area contributed by atoms with Crippen LogP contribution in [0, 0.1) is 0 Å². The molecule has 1 heteroatoms. The fourth-order valence-corrected chi connectivity index (χ4v) is 1.24. The quantitative estimate of drug-likeness (QED) is 0.509. The van der Waals surface area contributed by atoms with E-state index in [-0.39, 0.29) is 0 Å². The van der Waals surface area contributed by atoms with Crippen molar-refractivity contribution in [3.8, 4) is 0 Å². The van der Waals surface area contributed by atoms with Gasteiger partial charge >= 0.3 is 0 Å². The Morgan fingerprint density at radius 1 is 1.50 bits per heavy atom. The van der Waals surface area contributed by atoms with E-state index in [0.29, 0.717) is 14.2 Å². The third-order valence-corrected chi connectivity index (χ3v) is 2.84. The summed E-state index contributed by atoms with van der Waals surface area (Å²) in [5.74, 6) is 0. The molecule has 0 atom stereocenters. The predicted molar refractivity (Wildman–Crippen MR) is 43.2 cm³/mol. The van der Waals surface area contributed by atoms with Crippen LogP contribution in [0.15, 0.2) is 0 Å². The maximum atomic E-state index is 3.96. The van der Waals surface area contributed by atoms with E-state index >= 15 is 0 Å². The third kappa shape index (κ3) is 3.14. The molecule has 0 aromatic carbocycles. The molecule has 0 aliphatic heterocycles. The Balaban J connectivity index is 3.53. The SMILES string of the molecule is C=[SiH]C(C)(C)CCC. The molecule has 0 aliphatic carbocycles. The first-order chi connectivity index (χ1) is 3.62. The summed E-state index contributed by atoms with van der Waals surface area (Å²) in [6.07, 6.45) is 6.60. The van der Waals surface area contributed by atoms with E-state index in [1.54, 1.807) is 0 Å². The Hall–Kier alpha value is 0.0869. The Bertz CT molecular complexity index is 74.5. The van der Waals surface area contributed by atoms with Crippen LogP contribution in [-0.4, -0.2) is 15.3 Å². The molecule has 0 saturated carbocycles. The molecule has 0 nitrogen and oxygen atoms in total. The van der Waals surface area contributed by atoms with Gasteiger partial charge in [-0.2, -0.15) is 0 Å². The zero-order chi connectivity index (χ0) is 6.62.